The van der Waals surface area contributed by atoms with Crippen molar-refractivity contribution in [3.8, 4) is 0 Å². The van der Waals surface area contributed by atoms with E-state index in [0.717, 1.165) is 21.0 Å². The molecule has 12 heteroatoms. The number of hydrogen-bond donors (Lipinski definition) is 1. The van der Waals surface area contributed by atoms with Crippen LogP contribution in [-0.4, -0.2) is 60.8 Å². The maximum atomic E-state index is 11.9. The molecular weight excluding hydrogens is 374 g/mol. The molecule has 0 aliphatic heterocycles. The van der Waals surface area contributed by atoms with Crippen LogP contribution >= 0.6 is 11.8 Å². The lowest BCUT2D eigenvalue weighted by Crippen LogP contribution is -2.53. The molecule has 0 aromatic carbocycles. The molecule has 0 unspecified atom stereocenters. The highest BCUT2D eigenvalue weighted by molar-refractivity contribution is 8.14. The van der Waals surface area contributed by atoms with Crippen molar-refractivity contribution in [1.82, 2.24) is 5.32 Å². The van der Waals surface area contributed by atoms with Crippen molar-refractivity contribution < 1.29 is 47.7 Å². The molecule has 0 rings (SSSR count). The van der Waals surface area contributed by atoms with Gasteiger partial charge in [0.2, 0.25) is 13.6 Å². The smallest absolute Gasteiger partial charge is 0.410 e. The summed E-state index contributed by atoms with van der Waals surface area (Å²) in [5.74, 6) is -2.14. The lowest BCUT2D eigenvalue weighted by atomic mass is 10.0. The zero-order valence-electron chi connectivity index (χ0n) is 15.0. The number of methoxy groups -OCH3 is 1. The summed E-state index contributed by atoms with van der Waals surface area (Å²) in [6.45, 7) is 3.98. The van der Waals surface area contributed by atoms with Crippen LogP contribution in [0.3, 0.4) is 0 Å². The van der Waals surface area contributed by atoms with Crippen molar-refractivity contribution in [2.75, 3.05) is 20.7 Å². The number of carbonyl (C=O) groups is 5. The van der Waals surface area contributed by atoms with Crippen LogP contribution in [-0.2, 0) is 38.1 Å². The first-order valence-corrected chi connectivity index (χ1v) is 7.94. The molecule has 0 aliphatic carbocycles. The van der Waals surface area contributed by atoms with Gasteiger partial charge in [0.05, 0.1) is 11.9 Å². The van der Waals surface area contributed by atoms with E-state index in [4.69, 9.17) is 0 Å². The first kappa shape index (κ1) is 23.5. The standard InChI is InChI=1S/C14H21NO10S/c1-8(16)22-6-24-12(19)15-10(11(18)21-5)14(3,4)26-13(20)25-7-23-9(2)17/h10H,6-7H2,1-5H3,(H,15,19)/t10-/m0/s1. The molecule has 0 radical (unpaired) electrons. The molecule has 0 saturated heterocycles. The van der Waals surface area contributed by atoms with Gasteiger partial charge in [0, 0.05) is 13.8 Å². The number of nitrogens with one attached hydrogen (secondary N) is 1. The van der Waals surface area contributed by atoms with Gasteiger partial charge in [0.1, 0.15) is 6.04 Å². The molecule has 0 aliphatic rings. The molecule has 0 aromatic heterocycles. The van der Waals surface area contributed by atoms with Crippen molar-refractivity contribution in [2.45, 2.75) is 38.5 Å². The predicted octanol–water partition coefficient (Wildman–Crippen LogP) is 0.944. The molecule has 1 N–H and O–H groups in total. The maximum Gasteiger partial charge on any atom is 0.410 e. The number of ether oxygens (including phenoxy) is 5. The maximum absolute atomic E-state index is 11.9. The second-order valence-corrected chi connectivity index (χ2v) is 6.73. The minimum atomic E-state index is -1.30. The van der Waals surface area contributed by atoms with E-state index in [0.29, 0.717) is 11.8 Å². The first-order chi connectivity index (χ1) is 12.0. The molecule has 0 heterocycles. The molecule has 1 atom stereocenters. The molecule has 0 bridgehead atoms. The molecular formula is C14H21NO10S. The van der Waals surface area contributed by atoms with Crippen LogP contribution in [0.1, 0.15) is 27.7 Å². The van der Waals surface area contributed by atoms with Gasteiger partial charge in [-0.2, -0.15) is 0 Å². The van der Waals surface area contributed by atoms with Crippen molar-refractivity contribution in [1.29, 1.82) is 0 Å². The summed E-state index contributed by atoms with van der Waals surface area (Å²) in [5.41, 5.74) is 0. The Bertz CT molecular complexity index is 548. The molecule has 0 aromatic rings. The zero-order chi connectivity index (χ0) is 20.3. The molecule has 26 heavy (non-hydrogen) atoms. The summed E-state index contributed by atoms with van der Waals surface area (Å²) in [6, 6.07) is -1.30. The van der Waals surface area contributed by atoms with Crippen LogP contribution in [0.15, 0.2) is 0 Å². The number of carbonyl (C=O) groups excluding carboxylic acids is 5. The topological polar surface area (TPSA) is 144 Å². The van der Waals surface area contributed by atoms with Crippen LogP contribution in [0.2, 0.25) is 0 Å². The summed E-state index contributed by atoms with van der Waals surface area (Å²) >= 11 is 0.567. The average Bonchev–Trinajstić information content (AvgIpc) is 2.50. The summed E-state index contributed by atoms with van der Waals surface area (Å²) in [5, 5.41) is 1.37. The Kier molecular flexibility index (Phi) is 10.1. The van der Waals surface area contributed by atoms with Crippen LogP contribution in [0, 0.1) is 0 Å². The predicted molar refractivity (Wildman–Crippen MR) is 86.8 cm³/mol. The van der Waals surface area contributed by atoms with Gasteiger partial charge in [-0.25, -0.2) is 14.4 Å². The van der Waals surface area contributed by atoms with Crippen LogP contribution in [0.5, 0.6) is 0 Å². The van der Waals surface area contributed by atoms with Gasteiger partial charge >= 0.3 is 29.3 Å². The Morgan fingerprint density at radius 3 is 1.88 bits per heavy atom. The normalized spacial score (nSPS) is 11.6. The summed E-state index contributed by atoms with van der Waals surface area (Å²) < 4.78 is 21.5. The van der Waals surface area contributed by atoms with Gasteiger partial charge in [-0.1, -0.05) is 0 Å². The lowest BCUT2D eigenvalue weighted by molar-refractivity contribution is -0.150. The Hall–Kier alpha value is -2.50. The van der Waals surface area contributed by atoms with E-state index < -0.39 is 53.7 Å². The Morgan fingerprint density at radius 2 is 1.42 bits per heavy atom. The summed E-state index contributed by atoms with van der Waals surface area (Å²) in [6.07, 6.45) is -1.07. The third kappa shape index (κ3) is 9.71. The third-order valence-electron chi connectivity index (χ3n) is 2.63. The van der Waals surface area contributed by atoms with Gasteiger partial charge in [0.25, 0.3) is 0 Å². The van der Waals surface area contributed by atoms with Crippen molar-refractivity contribution in [3.63, 3.8) is 0 Å². The second kappa shape index (κ2) is 11.2. The third-order valence-corrected chi connectivity index (χ3v) is 3.68. The van der Waals surface area contributed by atoms with Gasteiger partial charge < -0.3 is 29.0 Å². The fraction of sp³-hybridized carbons (Fsp3) is 0.643. The molecule has 1 amide bonds. The number of esters is 3. The summed E-state index contributed by atoms with van der Waals surface area (Å²) in [4.78, 5) is 56.7. The van der Waals surface area contributed by atoms with E-state index in [1.807, 2.05) is 0 Å². The molecule has 0 saturated carbocycles. The largest absolute Gasteiger partial charge is 0.467 e. The van der Waals surface area contributed by atoms with Gasteiger partial charge in [-0.05, 0) is 25.6 Å². The van der Waals surface area contributed by atoms with Gasteiger partial charge in [0.15, 0.2) is 0 Å². The van der Waals surface area contributed by atoms with E-state index in [-0.39, 0.29) is 0 Å². The molecule has 11 nitrogen and oxygen atoms in total. The Balaban J connectivity index is 4.83. The molecule has 0 fully saturated rings. The van der Waals surface area contributed by atoms with Crippen molar-refractivity contribution >= 4 is 41.1 Å². The highest BCUT2D eigenvalue weighted by atomic mass is 32.2. The van der Waals surface area contributed by atoms with E-state index in [9.17, 15) is 24.0 Å². The molecule has 148 valence electrons. The highest BCUT2D eigenvalue weighted by Crippen LogP contribution is 2.30. The summed E-state index contributed by atoms with van der Waals surface area (Å²) in [7, 11) is 1.10. The monoisotopic (exact) mass is 395 g/mol. The fourth-order valence-electron chi connectivity index (χ4n) is 1.42. The number of thioether (sulfide) groups is 1. The van der Waals surface area contributed by atoms with Gasteiger partial charge in [-0.3, -0.25) is 9.59 Å². The SMILES string of the molecule is COC(=O)[C@H](NC(=O)OCOC(C)=O)C(C)(C)SC(=O)OCOC(C)=O. The number of rotatable bonds is 8. The second-order valence-electron chi connectivity index (χ2n) is 5.14. The van der Waals surface area contributed by atoms with Gasteiger partial charge in [-0.15, -0.1) is 0 Å². The zero-order valence-corrected chi connectivity index (χ0v) is 15.8. The van der Waals surface area contributed by atoms with E-state index in [2.05, 4.69) is 29.0 Å². The molecule has 0 spiro atoms. The highest BCUT2D eigenvalue weighted by Gasteiger charge is 2.41. The minimum Gasteiger partial charge on any atom is -0.467 e. The van der Waals surface area contributed by atoms with E-state index in [1.54, 1.807) is 0 Å². The van der Waals surface area contributed by atoms with Crippen LogP contribution < -0.4 is 5.32 Å². The minimum absolute atomic E-state index is 0.567. The number of amides is 1. The number of hydrogen-bond acceptors (Lipinski definition) is 11. The average molecular weight is 395 g/mol. The number of alkyl carbamates (subject to hydrolysis) is 1. The van der Waals surface area contributed by atoms with Crippen LogP contribution in [0.25, 0.3) is 0 Å². The van der Waals surface area contributed by atoms with Crippen molar-refractivity contribution in [3.05, 3.63) is 0 Å². The van der Waals surface area contributed by atoms with E-state index in [1.165, 1.54) is 13.8 Å². The van der Waals surface area contributed by atoms with Crippen LogP contribution in [0.4, 0.5) is 9.59 Å². The Labute approximate surface area is 154 Å². The first-order valence-electron chi connectivity index (χ1n) is 7.13. The van der Waals surface area contributed by atoms with E-state index >= 15 is 0 Å². The lowest BCUT2D eigenvalue weighted by Gasteiger charge is -2.30. The quantitative estimate of drug-likeness (QED) is 0.356. The fourth-order valence-corrected chi connectivity index (χ4v) is 2.23. The van der Waals surface area contributed by atoms with Crippen molar-refractivity contribution in [2.24, 2.45) is 0 Å². The Morgan fingerprint density at radius 1 is 0.923 bits per heavy atom.